The van der Waals surface area contributed by atoms with Gasteiger partial charge in [-0.15, -0.1) is 0 Å². The lowest BCUT2D eigenvalue weighted by molar-refractivity contribution is 0.0913. The van der Waals surface area contributed by atoms with E-state index in [1.807, 2.05) is 26.0 Å². The number of phenols is 1. The highest BCUT2D eigenvalue weighted by Crippen LogP contribution is 2.33. The first-order valence-corrected chi connectivity index (χ1v) is 9.54. The van der Waals surface area contributed by atoms with Gasteiger partial charge >= 0.3 is 0 Å². The number of aromatic hydroxyl groups is 1. The summed E-state index contributed by atoms with van der Waals surface area (Å²) in [5.74, 6) is 0.495. The summed E-state index contributed by atoms with van der Waals surface area (Å²) >= 11 is 0. The minimum Gasteiger partial charge on any atom is -0.507 e. The van der Waals surface area contributed by atoms with Crippen molar-refractivity contribution in [2.45, 2.75) is 77.3 Å². The van der Waals surface area contributed by atoms with Crippen molar-refractivity contribution < 1.29 is 9.90 Å². The molecular formula is C21H34N2O2. The maximum absolute atomic E-state index is 12.8. The summed E-state index contributed by atoms with van der Waals surface area (Å²) < 4.78 is 0. The van der Waals surface area contributed by atoms with E-state index in [-0.39, 0.29) is 23.6 Å². The largest absolute Gasteiger partial charge is 0.507 e. The second kappa shape index (κ2) is 8.22. The minimum atomic E-state index is -0.143. The van der Waals surface area contributed by atoms with Gasteiger partial charge < -0.3 is 15.3 Å². The molecule has 25 heavy (non-hydrogen) atoms. The van der Waals surface area contributed by atoms with Crippen LogP contribution in [0.4, 0.5) is 0 Å². The smallest absolute Gasteiger partial charge is 0.255 e. The van der Waals surface area contributed by atoms with E-state index in [2.05, 4.69) is 38.2 Å². The molecule has 0 atom stereocenters. The Hall–Kier alpha value is -1.55. The number of carbonyl (C=O) groups excluding carboxylic acids is 1. The number of nitrogens with one attached hydrogen (secondary N) is 1. The number of hydrogen-bond acceptors (Lipinski definition) is 3. The molecule has 0 heterocycles. The minimum absolute atomic E-state index is 0.138. The number of nitrogens with zero attached hydrogens (tertiary/aromatic N) is 1. The van der Waals surface area contributed by atoms with E-state index >= 15 is 0 Å². The van der Waals surface area contributed by atoms with Gasteiger partial charge in [-0.2, -0.15) is 0 Å². The van der Waals surface area contributed by atoms with Crippen LogP contribution in [0.5, 0.6) is 5.75 Å². The van der Waals surface area contributed by atoms with Crippen LogP contribution >= 0.6 is 0 Å². The van der Waals surface area contributed by atoms with Gasteiger partial charge in [0, 0.05) is 12.1 Å². The zero-order valence-electron chi connectivity index (χ0n) is 16.6. The predicted molar refractivity (Wildman–Crippen MR) is 103 cm³/mol. The molecule has 2 rings (SSSR count). The van der Waals surface area contributed by atoms with Crippen molar-refractivity contribution in [3.05, 3.63) is 28.8 Å². The third-order valence-corrected chi connectivity index (χ3v) is 5.46. The maximum Gasteiger partial charge on any atom is 0.255 e. The van der Waals surface area contributed by atoms with E-state index in [0.29, 0.717) is 17.5 Å². The molecule has 1 fully saturated rings. The molecule has 1 aliphatic carbocycles. The highest BCUT2D eigenvalue weighted by atomic mass is 16.3. The zero-order valence-corrected chi connectivity index (χ0v) is 16.6. The Morgan fingerprint density at radius 3 is 2.16 bits per heavy atom. The molecule has 1 amide bonds. The highest BCUT2D eigenvalue weighted by Gasteiger charge is 2.25. The van der Waals surface area contributed by atoms with Gasteiger partial charge in [0.15, 0.2) is 0 Å². The maximum atomic E-state index is 12.8. The zero-order chi connectivity index (χ0) is 18.7. The van der Waals surface area contributed by atoms with Crippen LogP contribution in [0.25, 0.3) is 0 Å². The van der Waals surface area contributed by atoms with E-state index in [1.54, 1.807) is 0 Å². The number of phenolic OH excluding ortho intramolecular Hbond substituents is 1. The standard InChI is InChI=1S/C21H34N2O2/c1-13(2)15-11-18(14(3)4)20(24)19(12-15)21(25)22-16-7-9-17(10-8-16)23(5)6/h11-14,16-17,24H,7-10H2,1-6H3,(H,22,25). The lowest BCUT2D eigenvalue weighted by atomic mass is 9.89. The van der Waals surface area contributed by atoms with E-state index in [0.717, 1.165) is 36.8 Å². The molecule has 4 heteroatoms. The van der Waals surface area contributed by atoms with Crippen LogP contribution in [0, 0.1) is 0 Å². The van der Waals surface area contributed by atoms with Crippen molar-refractivity contribution in [3.8, 4) is 5.75 Å². The van der Waals surface area contributed by atoms with Crippen LogP contribution in [-0.4, -0.2) is 42.1 Å². The lowest BCUT2D eigenvalue weighted by Gasteiger charge is -2.33. The van der Waals surface area contributed by atoms with E-state index in [1.165, 1.54) is 0 Å². The quantitative estimate of drug-likeness (QED) is 0.838. The first-order valence-electron chi connectivity index (χ1n) is 9.54. The number of rotatable bonds is 5. The second-order valence-electron chi connectivity index (χ2n) is 8.26. The van der Waals surface area contributed by atoms with Gasteiger partial charge in [0.05, 0.1) is 5.56 Å². The average molecular weight is 347 g/mol. The summed E-state index contributed by atoms with van der Waals surface area (Å²) in [6.07, 6.45) is 4.20. The van der Waals surface area contributed by atoms with Gasteiger partial charge in [-0.1, -0.05) is 33.8 Å². The molecule has 2 N–H and O–H groups in total. The van der Waals surface area contributed by atoms with Crippen molar-refractivity contribution in [2.24, 2.45) is 0 Å². The SMILES string of the molecule is CC(C)c1cc(C(=O)NC2CCC(N(C)C)CC2)c(O)c(C(C)C)c1. The molecule has 0 aromatic heterocycles. The van der Waals surface area contributed by atoms with Crippen molar-refractivity contribution in [2.75, 3.05) is 14.1 Å². The highest BCUT2D eigenvalue weighted by molar-refractivity contribution is 5.97. The molecule has 1 aliphatic rings. The molecule has 4 nitrogen and oxygen atoms in total. The van der Waals surface area contributed by atoms with Gasteiger partial charge in [0.1, 0.15) is 5.75 Å². The molecule has 1 aromatic carbocycles. The summed E-state index contributed by atoms with van der Waals surface area (Å²) in [5, 5.41) is 13.8. The fourth-order valence-corrected chi connectivity index (χ4v) is 3.63. The van der Waals surface area contributed by atoms with Crippen molar-refractivity contribution in [3.63, 3.8) is 0 Å². The molecule has 1 aromatic rings. The van der Waals surface area contributed by atoms with Crippen LogP contribution in [-0.2, 0) is 0 Å². The predicted octanol–water partition coefficient (Wildman–Crippen LogP) is 4.24. The summed E-state index contributed by atoms with van der Waals surface area (Å²) in [6.45, 7) is 8.31. The lowest BCUT2D eigenvalue weighted by Crippen LogP contribution is -2.41. The van der Waals surface area contributed by atoms with Crippen LogP contribution in [0.15, 0.2) is 12.1 Å². The van der Waals surface area contributed by atoms with Crippen LogP contribution < -0.4 is 5.32 Å². The van der Waals surface area contributed by atoms with Crippen molar-refractivity contribution in [1.82, 2.24) is 10.2 Å². The summed E-state index contributed by atoms with van der Waals surface area (Å²) in [7, 11) is 4.24. The molecule has 0 spiro atoms. The van der Waals surface area contributed by atoms with Gasteiger partial charge in [-0.3, -0.25) is 4.79 Å². The van der Waals surface area contributed by atoms with Gasteiger partial charge in [-0.25, -0.2) is 0 Å². The fraction of sp³-hybridized carbons (Fsp3) is 0.667. The molecule has 1 saturated carbocycles. The summed E-state index contributed by atoms with van der Waals surface area (Å²) in [4.78, 5) is 15.1. The molecule has 0 aliphatic heterocycles. The third kappa shape index (κ3) is 4.75. The Kier molecular flexibility index (Phi) is 6.50. The van der Waals surface area contributed by atoms with Crippen LogP contribution in [0.2, 0.25) is 0 Å². The van der Waals surface area contributed by atoms with Gasteiger partial charge in [0.2, 0.25) is 0 Å². The van der Waals surface area contributed by atoms with Gasteiger partial charge in [-0.05, 0) is 68.8 Å². The Morgan fingerprint density at radius 2 is 1.68 bits per heavy atom. The number of benzene rings is 1. The Morgan fingerprint density at radius 1 is 1.08 bits per heavy atom. The normalized spacial score (nSPS) is 21.2. The first-order chi connectivity index (χ1) is 11.7. The molecule has 0 saturated heterocycles. The average Bonchev–Trinajstić information content (AvgIpc) is 2.54. The van der Waals surface area contributed by atoms with E-state index in [9.17, 15) is 9.90 Å². The van der Waals surface area contributed by atoms with E-state index in [4.69, 9.17) is 0 Å². The van der Waals surface area contributed by atoms with Crippen molar-refractivity contribution in [1.29, 1.82) is 0 Å². The second-order valence-corrected chi connectivity index (χ2v) is 8.26. The Labute approximate surface area is 152 Å². The van der Waals surface area contributed by atoms with Gasteiger partial charge in [0.25, 0.3) is 5.91 Å². The summed E-state index contributed by atoms with van der Waals surface area (Å²) in [5.41, 5.74) is 2.38. The Balaban J connectivity index is 2.16. The number of amides is 1. The number of carbonyl (C=O) groups is 1. The molecule has 0 radical (unpaired) electrons. The topological polar surface area (TPSA) is 52.6 Å². The number of hydrogen-bond donors (Lipinski definition) is 2. The molecule has 140 valence electrons. The molecular weight excluding hydrogens is 312 g/mol. The first kappa shape index (κ1) is 19.8. The monoisotopic (exact) mass is 346 g/mol. The van der Waals surface area contributed by atoms with Crippen LogP contribution in [0.3, 0.4) is 0 Å². The Bertz CT molecular complexity index is 600. The van der Waals surface area contributed by atoms with Crippen LogP contribution in [0.1, 0.15) is 86.7 Å². The fourth-order valence-electron chi connectivity index (χ4n) is 3.63. The van der Waals surface area contributed by atoms with Crippen molar-refractivity contribution >= 4 is 5.91 Å². The third-order valence-electron chi connectivity index (χ3n) is 5.46. The molecule has 0 unspecified atom stereocenters. The summed E-state index contributed by atoms with van der Waals surface area (Å²) in [6, 6.07) is 4.70. The molecule has 0 bridgehead atoms. The van der Waals surface area contributed by atoms with E-state index < -0.39 is 0 Å².